The van der Waals surface area contributed by atoms with E-state index >= 15 is 0 Å². The Bertz CT molecular complexity index is 567. The lowest BCUT2D eigenvalue weighted by Gasteiger charge is -2.35. The molecule has 21 heavy (non-hydrogen) atoms. The number of nitrogens with zero attached hydrogens (tertiary/aromatic N) is 3. The van der Waals surface area contributed by atoms with E-state index in [0.29, 0.717) is 13.1 Å². The van der Waals surface area contributed by atoms with Gasteiger partial charge in [0.1, 0.15) is 0 Å². The number of aromatic nitrogens is 1. The molecule has 0 saturated carbocycles. The summed E-state index contributed by atoms with van der Waals surface area (Å²) in [5, 5.41) is 3.16. The van der Waals surface area contributed by atoms with Gasteiger partial charge in [-0.3, -0.25) is 4.90 Å². The molecule has 0 aromatic carbocycles. The van der Waals surface area contributed by atoms with Crippen LogP contribution in [0.4, 0.5) is 0 Å². The Morgan fingerprint density at radius 3 is 2.33 bits per heavy atom. The summed E-state index contributed by atoms with van der Waals surface area (Å²) in [5.41, 5.74) is 0.886. The number of rotatable bonds is 4. The molecule has 0 unspecified atom stereocenters. The number of hydrogen-bond donors (Lipinski definition) is 0. The second kappa shape index (κ2) is 6.32. The predicted molar refractivity (Wildman–Crippen MR) is 86.9 cm³/mol. The molecule has 2 rings (SSSR count). The van der Waals surface area contributed by atoms with Crippen LogP contribution in [-0.2, 0) is 16.6 Å². The number of thiazole rings is 1. The highest BCUT2D eigenvalue weighted by molar-refractivity contribution is 7.89. The molecule has 1 saturated heterocycles. The zero-order valence-electron chi connectivity index (χ0n) is 13.3. The first-order valence-corrected chi connectivity index (χ1v) is 9.76. The van der Waals surface area contributed by atoms with Gasteiger partial charge in [-0.25, -0.2) is 13.4 Å². The normalized spacial score (nSPS) is 19.0. The van der Waals surface area contributed by atoms with Crippen molar-refractivity contribution in [3.05, 3.63) is 16.1 Å². The van der Waals surface area contributed by atoms with E-state index in [-0.39, 0.29) is 11.2 Å². The summed E-state index contributed by atoms with van der Waals surface area (Å²) in [6.45, 7) is 11.4. The van der Waals surface area contributed by atoms with E-state index < -0.39 is 10.0 Å². The second-order valence-corrected chi connectivity index (χ2v) is 9.88. The Morgan fingerprint density at radius 2 is 1.86 bits per heavy atom. The molecule has 0 radical (unpaired) electrons. The lowest BCUT2D eigenvalue weighted by atomic mass is 10.0. The van der Waals surface area contributed by atoms with Crippen molar-refractivity contribution in [2.75, 3.05) is 31.9 Å². The fraction of sp³-hybridized carbons (Fsp3) is 0.786. The first-order valence-electron chi connectivity index (χ1n) is 7.27. The van der Waals surface area contributed by atoms with Crippen molar-refractivity contribution in [1.82, 2.24) is 14.2 Å². The smallest absolute Gasteiger partial charge is 0.214 e. The van der Waals surface area contributed by atoms with E-state index in [1.54, 1.807) is 15.6 Å². The molecule has 120 valence electrons. The molecule has 1 aromatic heterocycles. The maximum absolute atomic E-state index is 12.4. The van der Waals surface area contributed by atoms with Crippen molar-refractivity contribution < 1.29 is 8.42 Å². The van der Waals surface area contributed by atoms with Crippen LogP contribution in [0.2, 0.25) is 0 Å². The highest BCUT2D eigenvalue weighted by Crippen LogP contribution is 2.20. The zero-order chi connectivity index (χ0) is 15.7. The van der Waals surface area contributed by atoms with Crippen LogP contribution in [0.1, 0.15) is 31.5 Å². The molecule has 0 N–H and O–H groups in total. The summed E-state index contributed by atoms with van der Waals surface area (Å²) in [6.07, 6.45) is 0. The molecule has 2 heterocycles. The van der Waals surface area contributed by atoms with Crippen LogP contribution in [0.25, 0.3) is 0 Å². The SMILES string of the molecule is Cc1nc(CN2CCN(S(=O)(=O)CC(C)(C)C)CC2)cs1. The summed E-state index contributed by atoms with van der Waals surface area (Å²) in [6, 6.07) is 0. The third-order valence-corrected chi connectivity index (χ3v) is 6.60. The molecule has 7 heteroatoms. The first kappa shape index (κ1) is 16.9. The third-order valence-electron chi connectivity index (χ3n) is 3.39. The lowest BCUT2D eigenvalue weighted by Crippen LogP contribution is -2.49. The van der Waals surface area contributed by atoms with Gasteiger partial charge in [0, 0.05) is 38.1 Å². The van der Waals surface area contributed by atoms with Crippen LogP contribution < -0.4 is 0 Å². The largest absolute Gasteiger partial charge is 0.295 e. The van der Waals surface area contributed by atoms with Crippen molar-refractivity contribution in [1.29, 1.82) is 0 Å². The van der Waals surface area contributed by atoms with Gasteiger partial charge in [-0.2, -0.15) is 4.31 Å². The molecule has 5 nitrogen and oxygen atoms in total. The Balaban J connectivity index is 1.88. The van der Waals surface area contributed by atoms with E-state index in [1.165, 1.54) is 0 Å². The van der Waals surface area contributed by atoms with Crippen LogP contribution >= 0.6 is 11.3 Å². The highest BCUT2D eigenvalue weighted by Gasteiger charge is 2.30. The first-order chi connectivity index (χ1) is 9.66. The van der Waals surface area contributed by atoms with Crippen molar-refractivity contribution in [2.24, 2.45) is 5.41 Å². The van der Waals surface area contributed by atoms with Crippen LogP contribution in [0, 0.1) is 12.3 Å². The Hall–Kier alpha value is -0.500. The van der Waals surface area contributed by atoms with Gasteiger partial charge < -0.3 is 0 Å². The van der Waals surface area contributed by atoms with Gasteiger partial charge in [0.2, 0.25) is 10.0 Å². The van der Waals surface area contributed by atoms with Crippen LogP contribution in [0.15, 0.2) is 5.38 Å². The lowest BCUT2D eigenvalue weighted by molar-refractivity contribution is 0.179. The van der Waals surface area contributed by atoms with E-state index in [4.69, 9.17) is 0 Å². The van der Waals surface area contributed by atoms with E-state index in [9.17, 15) is 8.42 Å². The van der Waals surface area contributed by atoms with Crippen LogP contribution in [0.3, 0.4) is 0 Å². The highest BCUT2D eigenvalue weighted by atomic mass is 32.2. The molecule has 1 aliphatic rings. The molecule has 1 fully saturated rings. The maximum Gasteiger partial charge on any atom is 0.214 e. The summed E-state index contributed by atoms with van der Waals surface area (Å²) in [7, 11) is -3.14. The summed E-state index contributed by atoms with van der Waals surface area (Å²) in [5.74, 6) is 0.214. The quantitative estimate of drug-likeness (QED) is 0.846. The standard InChI is InChI=1S/C14H25N3O2S2/c1-12-15-13(10-20-12)9-16-5-7-17(8-6-16)21(18,19)11-14(2,3)4/h10H,5-9,11H2,1-4H3. The summed E-state index contributed by atoms with van der Waals surface area (Å²) >= 11 is 1.66. The van der Waals surface area contributed by atoms with Crippen molar-refractivity contribution in [3.63, 3.8) is 0 Å². The molecule has 1 aliphatic heterocycles. The van der Waals surface area contributed by atoms with Crippen molar-refractivity contribution >= 4 is 21.4 Å². The molecule has 0 spiro atoms. The molecule has 1 aromatic rings. The monoisotopic (exact) mass is 331 g/mol. The zero-order valence-corrected chi connectivity index (χ0v) is 14.9. The average molecular weight is 332 g/mol. The Kier molecular flexibility index (Phi) is 5.07. The minimum absolute atomic E-state index is 0.200. The van der Waals surface area contributed by atoms with E-state index in [1.807, 2.05) is 27.7 Å². The number of sulfonamides is 1. The molecular formula is C14H25N3O2S2. The molecule has 0 amide bonds. The second-order valence-electron chi connectivity index (χ2n) is 6.85. The topological polar surface area (TPSA) is 53.5 Å². The number of piperazine rings is 1. The summed E-state index contributed by atoms with van der Waals surface area (Å²) < 4.78 is 26.4. The Labute approximate surface area is 132 Å². The average Bonchev–Trinajstić information content (AvgIpc) is 2.72. The predicted octanol–water partition coefficient (Wildman–Crippen LogP) is 1.95. The van der Waals surface area contributed by atoms with Crippen molar-refractivity contribution in [3.8, 4) is 0 Å². The summed E-state index contributed by atoms with van der Waals surface area (Å²) in [4.78, 5) is 6.74. The van der Waals surface area contributed by atoms with Crippen molar-refractivity contribution in [2.45, 2.75) is 34.2 Å². The fourth-order valence-corrected chi connectivity index (χ4v) is 5.11. The Morgan fingerprint density at radius 1 is 1.24 bits per heavy atom. The number of aryl methyl sites for hydroxylation is 1. The van der Waals surface area contributed by atoms with Gasteiger partial charge in [0.05, 0.1) is 16.5 Å². The maximum atomic E-state index is 12.4. The molecule has 0 bridgehead atoms. The fourth-order valence-electron chi connectivity index (χ4n) is 2.51. The van der Waals surface area contributed by atoms with Crippen LogP contribution in [-0.4, -0.2) is 54.5 Å². The number of hydrogen-bond acceptors (Lipinski definition) is 5. The van der Waals surface area contributed by atoms with Gasteiger partial charge in [-0.15, -0.1) is 11.3 Å². The van der Waals surface area contributed by atoms with E-state index in [2.05, 4.69) is 15.3 Å². The third kappa shape index (κ3) is 5.02. The van der Waals surface area contributed by atoms with Gasteiger partial charge >= 0.3 is 0 Å². The minimum atomic E-state index is -3.14. The van der Waals surface area contributed by atoms with Crippen LogP contribution in [0.5, 0.6) is 0 Å². The van der Waals surface area contributed by atoms with Gasteiger partial charge in [0.15, 0.2) is 0 Å². The molecule has 0 atom stereocenters. The van der Waals surface area contributed by atoms with Gasteiger partial charge in [-0.05, 0) is 12.3 Å². The van der Waals surface area contributed by atoms with Gasteiger partial charge in [-0.1, -0.05) is 20.8 Å². The van der Waals surface area contributed by atoms with Gasteiger partial charge in [0.25, 0.3) is 0 Å². The molecular weight excluding hydrogens is 306 g/mol. The minimum Gasteiger partial charge on any atom is -0.295 e. The molecule has 0 aliphatic carbocycles. The van der Waals surface area contributed by atoms with E-state index in [0.717, 1.165) is 30.3 Å².